The molecule has 1 N–H and O–H groups in total. The lowest BCUT2D eigenvalue weighted by molar-refractivity contribution is -0.176. The number of alkyl halides is 3. The van der Waals surface area contributed by atoms with Crippen molar-refractivity contribution in [2.75, 3.05) is 50.8 Å². The van der Waals surface area contributed by atoms with Crippen molar-refractivity contribution >= 4 is 11.6 Å². The normalized spacial score (nSPS) is 15.2. The molecule has 1 saturated heterocycles. The molecule has 8 heteroatoms. The molecule has 0 aromatic heterocycles. The Morgan fingerprint density at radius 1 is 1.06 bits per heavy atom. The number of hydrogen-bond acceptors (Lipinski definition) is 4. The highest BCUT2D eigenvalue weighted by atomic mass is 19.4. The number of ether oxygens (including phenoxy) is 1. The molecule has 0 atom stereocenters. The molecule has 0 spiro atoms. The number of carbonyl (C=O) groups excluding carboxylic acids is 1. The zero-order chi connectivity index (χ0) is 22.3. The summed E-state index contributed by atoms with van der Waals surface area (Å²) < 4.78 is 41.0. The molecule has 2 aromatic carbocycles. The van der Waals surface area contributed by atoms with Gasteiger partial charge in [0.25, 0.3) is 5.91 Å². The Morgan fingerprint density at radius 2 is 1.77 bits per heavy atom. The molecule has 0 bridgehead atoms. The maximum absolute atomic E-state index is 12.3. The number of nitrogens with one attached hydrogen (secondary N) is 1. The smallest absolute Gasteiger partial charge is 0.369 e. The lowest BCUT2D eigenvalue weighted by Gasteiger charge is -2.36. The van der Waals surface area contributed by atoms with Crippen molar-refractivity contribution in [2.45, 2.75) is 19.7 Å². The van der Waals surface area contributed by atoms with Crippen LogP contribution in [0.3, 0.4) is 0 Å². The first-order valence-electron chi connectivity index (χ1n) is 10.4. The third-order valence-electron chi connectivity index (χ3n) is 5.20. The largest absolute Gasteiger partial charge is 0.411 e. The van der Waals surface area contributed by atoms with Crippen LogP contribution in [-0.4, -0.2) is 62.9 Å². The fraction of sp³-hybridized carbons (Fsp3) is 0.435. The minimum Gasteiger partial charge on any atom is -0.369 e. The molecule has 31 heavy (non-hydrogen) atoms. The van der Waals surface area contributed by atoms with Crippen LogP contribution in [0.15, 0.2) is 48.5 Å². The highest BCUT2D eigenvalue weighted by Crippen LogP contribution is 2.18. The second-order valence-corrected chi connectivity index (χ2v) is 7.73. The molecule has 168 valence electrons. The van der Waals surface area contributed by atoms with E-state index in [0.717, 1.165) is 32.7 Å². The van der Waals surface area contributed by atoms with E-state index in [4.69, 9.17) is 0 Å². The Labute approximate surface area is 180 Å². The van der Waals surface area contributed by atoms with E-state index in [1.54, 1.807) is 24.3 Å². The average molecular weight is 435 g/mol. The Hall–Kier alpha value is -2.58. The van der Waals surface area contributed by atoms with E-state index >= 15 is 0 Å². The lowest BCUT2D eigenvalue weighted by atomic mass is 10.1. The van der Waals surface area contributed by atoms with Gasteiger partial charge in [0.1, 0.15) is 6.61 Å². The third kappa shape index (κ3) is 7.56. The van der Waals surface area contributed by atoms with Gasteiger partial charge < -0.3 is 15.0 Å². The Balaban J connectivity index is 1.36. The number of anilines is 1. The van der Waals surface area contributed by atoms with Gasteiger partial charge in [0.15, 0.2) is 0 Å². The number of hydrogen-bond donors (Lipinski definition) is 1. The molecule has 0 saturated carbocycles. The van der Waals surface area contributed by atoms with Gasteiger partial charge in [-0.05, 0) is 42.3 Å². The van der Waals surface area contributed by atoms with E-state index < -0.39 is 12.8 Å². The van der Waals surface area contributed by atoms with Gasteiger partial charge in [-0.2, -0.15) is 13.2 Å². The molecular weight excluding hydrogens is 407 g/mol. The van der Waals surface area contributed by atoms with Gasteiger partial charge in [-0.15, -0.1) is 0 Å². The van der Waals surface area contributed by atoms with Crippen LogP contribution in [0.2, 0.25) is 0 Å². The quantitative estimate of drug-likeness (QED) is 0.688. The molecule has 1 fully saturated rings. The molecule has 3 rings (SSSR count). The first-order chi connectivity index (χ1) is 14.8. The molecule has 1 aliphatic heterocycles. The van der Waals surface area contributed by atoms with Crippen molar-refractivity contribution in [2.24, 2.45) is 0 Å². The van der Waals surface area contributed by atoms with Crippen molar-refractivity contribution in [1.29, 1.82) is 0 Å². The fourth-order valence-electron chi connectivity index (χ4n) is 3.52. The van der Waals surface area contributed by atoms with Gasteiger partial charge >= 0.3 is 6.18 Å². The molecule has 0 radical (unpaired) electrons. The van der Waals surface area contributed by atoms with Crippen molar-refractivity contribution in [1.82, 2.24) is 10.2 Å². The van der Waals surface area contributed by atoms with Crippen LogP contribution in [0.4, 0.5) is 18.9 Å². The van der Waals surface area contributed by atoms with E-state index in [2.05, 4.69) is 51.0 Å². The minimum atomic E-state index is -4.34. The molecular formula is C23H28F3N3O2. The number of benzene rings is 2. The standard InChI is InChI=1S/C23H28F3N3O2/c1-18-3-2-4-21(15-18)29-13-11-28(12-14-29)10-9-27-22(30)20-7-5-19(6-8-20)16-31-17-23(24,25)26/h2-8,15H,9-14,16-17H2,1H3,(H,27,30). The maximum Gasteiger partial charge on any atom is 0.411 e. The van der Waals surface area contributed by atoms with E-state index in [1.165, 1.54) is 11.3 Å². The topological polar surface area (TPSA) is 44.8 Å². The molecule has 1 aliphatic rings. The molecule has 0 aliphatic carbocycles. The van der Waals surface area contributed by atoms with E-state index in [9.17, 15) is 18.0 Å². The number of carbonyl (C=O) groups is 1. The van der Waals surface area contributed by atoms with Gasteiger partial charge in [0, 0.05) is 50.5 Å². The second-order valence-electron chi connectivity index (χ2n) is 7.73. The highest BCUT2D eigenvalue weighted by Gasteiger charge is 2.27. The number of piperazine rings is 1. The Morgan fingerprint density at radius 3 is 2.42 bits per heavy atom. The van der Waals surface area contributed by atoms with Crippen LogP contribution in [0, 0.1) is 6.92 Å². The van der Waals surface area contributed by atoms with E-state index in [1.807, 2.05) is 0 Å². The van der Waals surface area contributed by atoms with Gasteiger partial charge in [-0.3, -0.25) is 9.69 Å². The summed E-state index contributed by atoms with van der Waals surface area (Å²) >= 11 is 0. The summed E-state index contributed by atoms with van der Waals surface area (Å²) in [5, 5.41) is 2.90. The predicted octanol–water partition coefficient (Wildman–Crippen LogP) is 3.63. The summed E-state index contributed by atoms with van der Waals surface area (Å²) in [6, 6.07) is 14.9. The monoisotopic (exact) mass is 435 g/mol. The summed E-state index contributed by atoms with van der Waals surface area (Å²) in [5.74, 6) is -0.193. The van der Waals surface area contributed by atoms with E-state index in [-0.39, 0.29) is 12.5 Å². The van der Waals surface area contributed by atoms with Crippen molar-refractivity contribution < 1.29 is 22.7 Å². The van der Waals surface area contributed by atoms with Crippen molar-refractivity contribution in [3.8, 4) is 0 Å². The molecule has 0 unspecified atom stereocenters. The number of rotatable bonds is 8. The van der Waals surface area contributed by atoms with Gasteiger partial charge in [-0.25, -0.2) is 0 Å². The zero-order valence-electron chi connectivity index (χ0n) is 17.6. The fourth-order valence-corrected chi connectivity index (χ4v) is 3.52. The molecule has 1 amide bonds. The number of amides is 1. The summed E-state index contributed by atoms with van der Waals surface area (Å²) in [5.41, 5.74) is 3.57. The first kappa shape index (κ1) is 23.1. The van der Waals surface area contributed by atoms with Crippen LogP contribution < -0.4 is 10.2 Å². The maximum atomic E-state index is 12.3. The van der Waals surface area contributed by atoms with Crippen LogP contribution in [-0.2, 0) is 11.3 Å². The van der Waals surface area contributed by atoms with Crippen LogP contribution in [0.25, 0.3) is 0 Å². The summed E-state index contributed by atoms with van der Waals surface area (Å²) in [6.07, 6.45) is -4.34. The van der Waals surface area contributed by atoms with Crippen molar-refractivity contribution in [3.05, 3.63) is 65.2 Å². The van der Waals surface area contributed by atoms with Crippen LogP contribution >= 0.6 is 0 Å². The lowest BCUT2D eigenvalue weighted by Crippen LogP contribution is -2.48. The highest BCUT2D eigenvalue weighted by molar-refractivity contribution is 5.94. The summed E-state index contributed by atoms with van der Waals surface area (Å²) in [4.78, 5) is 17.0. The van der Waals surface area contributed by atoms with Gasteiger partial charge in [0.05, 0.1) is 6.61 Å². The second kappa shape index (κ2) is 10.6. The minimum absolute atomic E-state index is 0.143. The number of halogens is 3. The Kier molecular flexibility index (Phi) is 7.92. The summed E-state index contributed by atoms with van der Waals surface area (Å²) in [7, 11) is 0. The van der Waals surface area contributed by atoms with E-state index in [0.29, 0.717) is 17.7 Å². The molecule has 2 aromatic rings. The zero-order valence-corrected chi connectivity index (χ0v) is 17.6. The Bertz CT molecular complexity index is 848. The summed E-state index contributed by atoms with van der Waals surface area (Å²) in [6.45, 7) is 5.77. The van der Waals surface area contributed by atoms with Crippen LogP contribution in [0.5, 0.6) is 0 Å². The van der Waals surface area contributed by atoms with Gasteiger partial charge in [-0.1, -0.05) is 24.3 Å². The van der Waals surface area contributed by atoms with Gasteiger partial charge in [0.2, 0.25) is 0 Å². The molecule has 5 nitrogen and oxygen atoms in total. The SMILES string of the molecule is Cc1cccc(N2CCN(CCNC(=O)c3ccc(COCC(F)(F)F)cc3)CC2)c1. The van der Waals surface area contributed by atoms with Crippen LogP contribution in [0.1, 0.15) is 21.5 Å². The first-order valence-corrected chi connectivity index (χ1v) is 10.4. The average Bonchev–Trinajstić information content (AvgIpc) is 2.74. The number of aryl methyl sites for hydroxylation is 1. The number of nitrogens with zero attached hydrogens (tertiary/aromatic N) is 2. The molecule has 1 heterocycles. The van der Waals surface area contributed by atoms with Crippen molar-refractivity contribution in [3.63, 3.8) is 0 Å². The predicted molar refractivity (Wildman–Crippen MR) is 114 cm³/mol. The third-order valence-corrected chi connectivity index (χ3v) is 5.20.